The lowest BCUT2D eigenvalue weighted by Gasteiger charge is -2.19. The smallest absolute Gasteiger partial charge is 0.218 e. The molecule has 1 aliphatic rings. The van der Waals surface area contributed by atoms with E-state index in [-0.39, 0.29) is 0 Å². The molecule has 106 valence electrons. The van der Waals surface area contributed by atoms with Gasteiger partial charge in [-0.1, -0.05) is 0 Å². The topological polar surface area (TPSA) is 50.3 Å². The van der Waals surface area contributed by atoms with E-state index in [1.165, 1.54) is 19.4 Å². The Hall–Kier alpha value is -1.36. The Morgan fingerprint density at radius 1 is 1.47 bits per heavy atom. The third-order valence-electron chi connectivity index (χ3n) is 3.54. The highest BCUT2D eigenvalue weighted by Gasteiger charge is 2.20. The molecule has 2 heterocycles. The first kappa shape index (κ1) is 14.1. The predicted octanol–water partition coefficient (Wildman–Crippen LogP) is 2.08. The maximum Gasteiger partial charge on any atom is 0.218 e. The van der Waals surface area contributed by atoms with Gasteiger partial charge in [-0.15, -0.1) is 0 Å². The van der Waals surface area contributed by atoms with Crippen molar-refractivity contribution < 1.29 is 4.74 Å². The van der Waals surface area contributed by atoms with Gasteiger partial charge in [0.05, 0.1) is 6.61 Å². The molecule has 1 unspecified atom stereocenters. The van der Waals surface area contributed by atoms with Gasteiger partial charge in [0.15, 0.2) is 0 Å². The molecule has 1 atom stereocenters. The van der Waals surface area contributed by atoms with E-state index in [4.69, 9.17) is 4.74 Å². The van der Waals surface area contributed by atoms with Gasteiger partial charge in [0.2, 0.25) is 5.88 Å². The average Bonchev–Trinajstić information content (AvgIpc) is 2.75. The lowest BCUT2D eigenvalue weighted by molar-refractivity contribution is 0.228. The summed E-state index contributed by atoms with van der Waals surface area (Å²) in [7, 11) is 2.19. The zero-order valence-electron chi connectivity index (χ0n) is 12.1. The Kier molecular flexibility index (Phi) is 4.96. The van der Waals surface area contributed by atoms with Gasteiger partial charge in [0.25, 0.3) is 0 Å². The van der Waals surface area contributed by atoms with Gasteiger partial charge in [-0.3, -0.25) is 0 Å². The van der Waals surface area contributed by atoms with Crippen molar-refractivity contribution >= 4 is 5.82 Å². The molecule has 1 aromatic rings. The number of nitrogens with zero attached hydrogens (tertiary/aromatic N) is 3. The zero-order valence-corrected chi connectivity index (χ0v) is 12.1. The highest BCUT2D eigenvalue weighted by molar-refractivity contribution is 5.38. The molecule has 1 fully saturated rings. The zero-order chi connectivity index (χ0) is 13.7. The van der Waals surface area contributed by atoms with Crippen LogP contribution in [0.5, 0.6) is 5.88 Å². The van der Waals surface area contributed by atoms with Gasteiger partial charge in [0, 0.05) is 18.7 Å². The molecule has 0 aromatic carbocycles. The number of hydrogen-bond acceptors (Lipinski definition) is 5. The van der Waals surface area contributed by atoms with Crippen LogP contribution in [0.25, 0.3) is 0 Å². The molecule has 0 bridgehead atoms. The van der Waals surface area contributed by atoms with Crippen LogP contribution in [0.15, 0.2) is 6.07 Å². The summed E-state index contributed by atoms with van der Waals surface area (Å²) in [6.45, 7) is 6.72. The van der Waals surface area contributed by atoms with Crippen molar-refractivity contribution in [3.63, 3.8) is 0 Å². The Labute approximate surface area is 115 Å². The Balaban J connectivity index is 1.84. The van der Waals surface area contributed by atoms with Crippen LogP contribution in [0.2, 0.25) is 0 Å². The summed E-state index contributed by atoms with van der Waals surface area (Å²) in [6.07, 6.45) is 3.65. The fraction of sp³-hybridized carbons (Fsp3) is 0.714. The fourth-order valence-corrected chi connectivity index (χ4v) is 2.53. The van der Waals surface area contributed by atoms with Crippen molar-refractivity contribution in [2.24, 2.45) is 0 Å². The molecular weight excluding hydrogens is 240 g/mol. The monoisotopic (exact) mass is 264 g/mol. The number of aromatic nitrogens is 2. The summed E-state index contributed by atoms with van der Waals surface area (Å²) in [5, 5.41) is 3.19. The van der Waals surface area contributed by atoms with Crippen LogP contribution >= 0.6 is 0 Å². The van der Waals surface area contributed by atoms with Gasteiger partial charge in [-0.25, -0.2) is 4.98 Å². The first-order valence-electron chi connectivity index (χ1n) is 7.11. The van der Waals surface area contributed by atoms with E-state index in [0.29, 0.717) is 11.9 Å². The Morgan fingerprint density at radius 2 is 2.32 bits per heavy atom. The summed E-state index contributed by atoms with van der Waals surface area (Å²) < 4.78 is 5.77. The number of hydrogen-bond donors (Lipinski definition) is 1. The highest BCUT2D eigenvalue weighted by atomic mass is 16.5. The Bertz CT molecular complexity index is 410. The number of rotatable bonds is 6. The molecular formula is C14H24N4O. The van der Waals surface area contributed by atoms with Crippen molar-refractivity contribution in [2.45, 2.75) is 39.2 Å². The van der Waals surface area contributed by atoms with Gasteiger partial charge in [-0.2, -0.15) is 4.98 Å². The molecule has 1 aliphatic heterocycles. The molecule has 1 saturated heterocycles. The summed E-state index contributed by atoms with van der Waals surface area (Å²) in [5.74, 6) is 2.25. The second-order valence-corrected chi connectivity index (χ2v) is 5.08. The second-order valence-electron chi connectivity index (χ2n) is 5.08. The van der Waals surface area contributed by atoms with Crippen LogP contribution in [-0.4, -0.2) is 47.7 Å². The average molecular weight is 264 g/mol. The molecule has 0 saturated carbocycles. The quantitative estimate of drug-likeness (QED) is 0.852. The molecule has 0 amide bonds. The molecule has 2 rings (SSSR count). The molecule has 0 aliphatic carbocycles. The molecule has 5 heteroatoms. The molecule has 5 nitrogen and oxygen atoms in total. The lowest BCUT2D eigenvalue weighted by Crippen LogP contribution is -2.26. The van der Waals surface area contributed by atoms with E-state index >= 15 is 0 Å². The number of aryl methyl sites for hydroxylation is 1. The number of anilines is 1. The standard InChI is InChI=1S/C14H24N4O/c1-4-15-13-10-14(17-11(2)16-13)19-9-7-12-6-5-8-18(12)3/h10,12H,4-9H2,1-3H3,(H,15,16,17). The summed E-state index contributed by atoms with van der Waals surface area (Å²) in [4.78, 5) is 11.0. The van der Waals surface area contributed by atoms with E-state index in [9.17, 15) is 0 Å². The van der Waals surface area contributed by atoms with Crippen LogP contribution in [0, 0.1) is 6.92 Å². The van der Waals surface area contributed by atoms with Gasteiger partial charge < -0.3 is 15.0 Å². The van der Waals surface area contributed by atoms with Gasteiger partial charge >= 0.3 is 0 Å². The number of likely N-dealkylation sites (tertiary alicyclic amines) is 1. The van der Waals surface area contributed by atoms with Crippen molar-refractivity contribution in [1.82, 2.24) is 14.9 Å². The fourth-order valence-electron chi connectivity index (χ4n) is 2.53. The number of ether oxygens (including phenoxy) is 1. The SMILES string of the molecule is CCNc1cc(OCCC2CCCN2C)nc(C)n1. The van der Waals surface area contributed by atoms with Crippen LogP contribution in [0.4, 0.5) is 5.82 Å². The summed E-state index contributed by atoms with van der Waals surface area (Å²) in [6, 6.07) is 2.53. The van der Waals surface area contributed by atoms with E-state index in [1.807, 2.05) is 19.9 Å². The summed E-state index contributed by atoms with van der Waals surface area (Å²) in [5.41, 5.74) is 0. The van der Waals surface area contributed by atoms with E-state index < -0.39 is 0 Å². The van der Waals surface area contributed by atoms with Crippen LogP contribution < -0.4 is 10.1 Å². The minimum Gasteiger partial charge on any atom is -0.477 e. The normalized spacial score (nSPS) is 19.6. The first-order valence-corrected chi connectivity index (χ1v) is 7.11. The Morgan fingerprint density at radius 3 is 3.00 bits per heavy atom. The van der Waals surface area contributed by atoms with Crippen LogP contribution in [0.1, 0.15) is 32.0 Å². The van der Waals surface area contributed by atoms with E-state index in [0.717, 1.165) is 31.2 Å². The van der Waals surface area contributed by atoms with E-state index in [1.54, 1.807) is 0 Å². The van der Waals surface area contributed by atoms with Crippen molar-refractivity contribution in [3.8, 4) is 5.88 Å². The van der Waals surface area contributed by atoms with Gasteiger partial charge in [-0.05, 0) is 46.7 Å². The lowest BCUT2D eigenvalue weighted by atomic mass is 10.1. The first-order chi connectivity index (χ1) is 9.19. The molecule has 0 spiro atoms. The second kappa shape index (κ2) is 6.70. The van der Waals surface area contributed by atoms with Crippen LogP contribution in [0.3, 0.4) is 0 Å². The minimum absolute atomic E-state index is 0.663. The van der Waals surface area contributed by atoms with Crippen molar-refractivity contribution in [1.29, 1.82) is 0 Å². The number of nitrogens with one attached hydrogen (secondary N) is 1. The largest absolute Gasteiger partial charge is 0.477 e. The maximum absolute atomic E-state index is 5.77. The molecule has 19 heavy (non-hydrogen) atoms. The van der Waals surface area contributed by atoms with Crippen molar-refractivity contribution in [2.75, 3.05) is 32.1 Å². The molecule has 0 radical (unpaired) electrons. The predicted molar refractivity (Wildman–Crippen MR) is 76.7 cm³/mol. The minimum atomic E-state index is 0.663. The third kappa shape index (κ3) is 4.06. The molecule has 1 aromatic heterocycles. The van der Waals surface area contributed by atoms with Crippen LogP contribution in [-0.2, 0) is 0 Å². The maximum atomic E-state index is 5.77. The third-order valence-corrected chi connectivity index (χ3v) is 3.54. The molecule has 1 N–H and O–H groups in total. The summed E-state index contributed by atoms with van der Waals surface area (Å²) >= 11 is 0. The highest BCUT2D eigenvalue weighted by Crippen LogP contribution is 2.19. The van der Waals surface area contributed by atoms with Gasteiger partial charge in [0.1, 0.15) is 11.6 Å². The van der Waals surface area contributed by atoms with E-state index in [2.05, 4.69) is 27.2 Å². The van der Waals surface area contributed by atoms with Crippen molar-refractivity contribution in [3.05, 3.63) is 11.9 Å².